The molecule has 0 N–H and O–H groups in total. The topological polar surface area (TPSA) is 12.5 Å². The molecule has 1 aliphatic rings. The molecule has 2 aromatic rings. The van der Waals surface area contributed by atoms with Gasteiger partial charge in [0.15, 0.2) is 0 Å². The van der Waals surface area contributed by atoms with E-state index in [0.717, 1.165) is 24.2 Å². The molecule has 0 spiro atoms. The molecule has 0 bridgehead atoms. The second-order valence-electron chi connectivity index (χ2n) is 4.97. The smallest absolute Gasteiger partial charge is 0.0850 e. The molecule has 1 aliphatic heterocycles. The van der Waals surface area contributed by atoms with Crippen molar-refractivity contribution in [2.24, 2.45) is 0 Å². The summed E-state index contributed by atoms with van der Waals surface area (Å²) in [7, 11) is 0. The quantitative estimate of drug-likeness (QED) is 0.586. The van der Waals surface area contributed by atoms with Gasteiger partial charge in [0.25, 0.3) is 0 Å². The molecule has 3 rings (SSSR count). The zero-order valence-electron chi connectivity index (χ0n) is 11.0. The Hall–Kier alpha value is -2.04. The molecule has 1 heterocycles. The Morgan fingerprint density at radius 1 is 0.947 bits per heavy atom. The van der Waals surface area contributed by atoms with E-state index in [1.807, 2.05) is 0 Å². The first-order valence-corrected chi connectivity index (χ1v) is 6.59. The van der Waals surface area contributed by atoms with Gasteiger partial charge in [0, 0.05) is 17.5 Å². The van der Waals surface area contributed by atoms with E-state index in [4.69, 9.17) is 4.74 Å². The number of hydrogen-bond donors (Lipinski definition) is 0. The Kier molecular flexibility index (Phi) is 3.35. The lowest BCUT2D eigenvalue weighted by atomic mass is 10.1. The molecule has 19 heavy (non-hydrogen) atoms. The van der Waals surface area contributed by atoms with Crippen LogP contribution in [0, 0.1) is 18.8 Å². The first-order valence-electron chi connectivity index (χ1n) is 6.59. The van der Waals surface area contributed by atoms with Gasteiger partial charge in [0.2, 0.25) is 0 Å². The van der Waals surface area contributed by atoms with Crippen molar-refractivity contribution in [1.82, 2.24) is 0 Å². The number of ether oxygens (including phenoxy) is 1. The van der Waals surface area contributed by atoms with Crippen molar-refractivity contribution in [3.8, 4) is 11.8 Å². The molecule has 0 radical (unpaired) electrons. The van der Waals surface area contributed by atoms with Crippen LogP contribution in [0.1, 0.15) is 22.3 Å². The van der Waals surface area contributed by atoms with E-state index in [2.05, 4.69) is 67.3 Å². The summed E-state index contributed by atoms with van der Waals surface area (Å²) in [6, 6.07) is 16.7. The summed E-state index contributed by atoms with van der Waals surface area (Å²) in [5, 5.41) is 0. The van der Waals surface area contributed by atoms with Crippen LogP contribution < -0.4 is 0 Å². The summed E-state index contributed by atoms with van der Waals surface area (Å²) in [5.41, 5.74) is 4.70. The third-order valence-electron chi connectivity index (χ3n) is 3.22. The highest BCUT2D eigenvalue weighted by molar-refractivity contribution is 5.44. The summed E-state index contributed by atoms with van der Waals surface area (Å²) in [4.78, 5) is 0. The minimum Gasteiger partial charge on any atom is -0.373 e. The summed E-state index contributed by atoms with van der Waals surface area (Å²) < 4.78 is 5.23. The van der Waals surface area contributed by atoms with Crippen molar-refractivity contribution in [3.63, 3.8) is 0 Å². The first kappa shape index (κ1) is 12.0. The fourth-order valence-electron chi connectivity index (χ4n) is 1.95. The van der Waals surface area contributed by atoms with Gasteiger partial charge in [0.05, 0.1) is 12.7 Å². The lowest BCUT2D eigenvalue weighted by Gasteiger charge is -1.97. The zero-order valence-corrected chi connectivity index (χ0v) is 11.0. The van der Waals surface area contributed by atoms with E-state index in [9.17, 15) is 0 Å². The summed E-state index contributed by atoms with van der Waals surface area (Å²) in [6.45, 7) is 2.99. The van der Waals surface area contributed by atoms with Gasteiger partial charge in [-0.25, -0.2) is 0 Å². The van der Waals surface area contributed by atoms with E-state index >= 15 is 0 Å². The fourth-order valence-corrected chi connectivity index (χ4v) is 1.95. The Labute approximate surface area is 114 Å². The second kappa shape index (κ2) is 5.30. The van der Waals surface area contributed by atoms with Gasteiger partial charge in [-0.3, -0.25) is 0 Å². The molecule has 1 nitrogen and oxygen atoms in total. The average molecular weight is 248 g/mol. The van der Waals surface area contributed by atoms with Crippen LogP contribution in [0.25, 0.3) is 0 Å². The SMILES string of the molecule is Cc1ccc(C#Cc2ccc(CC3CO3)cc2)cc1. The second-order valence-corrected chi connectivity index (χ2v) is 4.97. The van der Waals surface area contributed by atoms with E-state index in [-0.39, 0.29) is 0 Å². The molecule has 1 atom stereocenters. The maximum Gasteiger partial charge on any atom is 0.0850 e. The lowest BCUT2D eigenvalue weighted by Crippen LogP contribution is -1.92. The standard InChI is InChI=1S/C18H16O/c1-14-2-4-15(5-3-14)6-7-16-8-10-17(11-9-16)12-18-13-19-18/h2-5,8-11,18H,12-13H2,1H3. The summed E-state index contributed by atoms with van der Waals surface area (Å²) in [6.07, 6.45) is 1.47. The lowest BCUT2D eigenvalue weighted by molar-refractivity contribution is 0.407. The molecule has 0 amide bonds. The predicted molar refractivity (Wildman–Crippen MR) is 77.0 cm³/mol. The summed E-state index contributed by atoms with van der Waals surface area (Å²) in [5.74, 6) is 6.38. The van der Waals surface area contributed by atoms with E-state index < -0.39 is 0 Å². The third-order valence-corrected chi connectivity index (χ3v) is 3.22. The Balaban J connectivity index is 1.70. The van der Waals surface area contributed by atoms with Gasteiger partial charge >= 0.3 is 0 Å². The minimum atomic E-state index is 0.449. The van der Waals surface area contributed by atoms with Crippen LogP contribution in [0.15, 0.2) is 48.5 Å². The van der Waals surface area contributed by atoms with Crippen LogP contribution in [-0.4, -0.2) is 12.7 Å². The van der Waals surface area contributed by atoms with Crippen LogP contribution in [-0.2, 0) is 11.2 Å². The number of epoxide rings is 1. The molecule has 2 aromatic carbocycles. The van der Waals surface area contributed by atoms with Crippen LogP contribution in [0.2, 0.25) is 0 Å². The van der Waals surface area contributed by atoms with Crippen LogP contribution in [0.4, 0.5) is 0 Å². The van der Waals surface area contributed by atoms with Crippen molar-refractivity contribution in [1.29, 1.82) is 0 Å². The average Bonchev–Trinajstić information content (AvgIpc) is 3.24. The normalized spacial score (nSPS) is 16.6. The maximum atomic E-state index is 5.23. The number of rotatable bonds is 2. The minimum absolute atomic E-state index is 0.449. The van der Waals surface area contributed by atoms with Crippen LogP contribution in [0.3, 0.4) is 0 Å². The Bertz CT molecular complexity index is 607. The Morgan fingerprint density at radius 3 is 2.00 bits per heavy atom. The van der Waals surface area contributed by atoms with Gasteiger partial charge in [-0.15, -0.1) is 0 Å². The molecular formula is C18H16O. The highest BCUT2D eigenvalue weighted by Gasteiger charge is 2.22. The van der Waals surface area contributed by atoms with Gasteiger partial charge in [-0.2, -0.15) is 0 Å². The largest absolute Gasteiger partial charge is 0.373 e. The fraction of sp³-hybridized carbons (Fsp3) is 0.222. The molecule has 0 aliphatic carbocycles. The monoisotopic (exact) mass is 248 g/mol. The van der Waals surface area contributed by atoms with Gasteiger partial charge < -0.3 is 4.74 Å². The molecular weight excluding hydrogens is 232 g/mol. The highest BCUT2D eigenvalue weighted by atomic mass is 16.6. The van der Waals surface area contributed by atoms with Crippen molar-refractivity contribution in [2.75, 3.05) is 6.61 Å². The molecule has 0 aromatic heterocycles. The maximum absolute atomic E-state index is 5.23. The van der Waals surface area contributed by atoms with Gasteiger partial charge in [-0.05, 0) is 36.8 Å². The molecule has 1 unspecified atom stereocenters. The number of aryl methyl sites for hydroxylation is 1. The van der Waals surface area contributed by atoms with Crippen LogP contribution >= 0.6 is 0 Å². The predicted octanol–water partition coefficient (Wildman–Crippen LogP) is 3.34. The molecule has 1 heteroatoms. The molecule has 0 saturated carbocycles. The van der Waals surface area contributed by atoms with Crippen molar-refractivity contribution in [2.45, 2.75) is 19.4 Å². The number of hydrogen-bond acceptors (Lipinski definition) is 1. The van der Waals surface area contributed by atoms with E-state index in [1.165, 1.54) is 11.1 Å². The van der Waals surface area contributed by atoms with E-state index in [0.29, 0.717) is 6.10 Å². The third kappa shape index (κ3) is 3.47. The molecule has 1 saturated heterocycles. The first-order chi connectivity index (χ1) is 9.29. The van der Waals surface area contributed by atoms with Crippen molar-refractivity contribution >= 4 is 0 Å². The molecule has 1 fully saturated rings. The van der Waals surface area contributed by atoms with Gasteiger partial charge in [-0.1, -0.05) is 41.7 Å². The van der Waals surface area contributed by atoms with E-state index in [1.54, 1.807) is 0 Å². The van der Waals surface area contributed by atoms with Gasteiger partial charge in [0.1, 0.15) is 0 Å². The highest BCUT2D eigenvalue weighted by Crippen LogP contribution is 2.16. The zero-order chi connectivity index (χ0) is 13.1. The van der Waals surface area contributed by atoms with Crippen LogP contribution in [0.5, 0.6) is 0 Å². The summed E-state index contributed by atoms with van der Waals surface area (Å²) >= 11 is 0. The van der Waals surface area contributed by atoms with Crippen molar-refractivity contribution < 1.29 is 4.74 Å². The molecule has 94 valence electrons. The number of benzene rings is 2. The van der Waals surface area contributed by atoms with Crippen molar-refractivity contribution in [3.05, 3.63) is 70.8 Å². The Morgan fingerprint density at radius 2 is 1.47 bits per heavy atom.